The third-order valence-corrected chi connectivity index (χ3v) is 6.96. The molecule has 0 aliphatic heterocycles. The first-order valence-electron chi connectivity index (χ1n) is 2.02. The van der Waals surface area contributed by atoms with Crippen LogP contribution in [0.3, 0.4) is 0 Å². The molecule has 1 radical (unpaired) electrons. The molecule has 1 rings (SSSR count). The molecular weight excluding hydrogens is 429 g/mol. The van der Waals surface area contributed by atoms with E-state index in [0.29, 0.717) is 1.43 Å². The lowest BCUT2D eigenvalue weighted by atomic mass is 10.0. The van der Waals surface area contributed by atoms with E-state index in [2.05, 4.69) is 67.8 Å². The van der Waals surface area contributed by atoms with Gasteiger partial charge in [-0.3, -0.25) is 0 Å². The molecule has 1 fully saturated rings. The van der Waals surface area contributed by atoms with Crippen molar-refractivity contribution in [3.05, 3.63) is 3.92 Å². The molecule has 0 spiro atoms. The van der Waals surface area contributed by atoms with Gasteiger partial charge in [0.1, 0.15) is 0 Å². The van der Waals surface area contributed by atoms with Gasteiger partial charge in [0.15, 0.2) is 0 Å². The second-order valence-corrected chi connectivity index (χ2v) is 8.66. The van der Waals surface area contributed by atoms with Crippen molar-refractivity contribution in [3.63, 3.8) is 0 Å². The van der Waals surface area contributed by atoms with Crippen molar-refractivity contribution < 1.29 is 0 Å². The number of hydrogen-bond donors (Lipinski definition) is 0. The van der Waals surface area contributed by atoms with Gasteiger partial charge >= 0.3 is 0 Å². The summed E-state index contributed by atoms with van der Waals surface area (Å²) < 4.78 is 2.14. The Morgan fingerprint density at radius 2 is 1.86 bits per heavy atom. The van der Waals surface area contributed by atoms with Crippen molar-refractivity contribution in [1.29, 1.82) is 0 Å². The van der Waals surface area contributed by atoms with Crippen molar-refractivity contribution in [3.8, 4) is 0 Å². The Bertz CT molecular complexity index is 79.0. The quantitative estimate of drug-likeness (QED) is 0.407. The molecule has 0 heterocycles. The van der Waals surface area contributed by atoms with Gasteiger partial charge in [0.25, 0.3) is 0 Å². The summed E-state index contributed by atoms with van der Waals surface area (Å²) in [5.41, 5.74) is 0. The molecule has 0 amide bonds. The molecule has 0 bridgehead atoms. The first-order valence-corrected chi connectivity index (χ1v) is 5.26. The summed E-state index contributed by atoms with van der Waals surface area (Å²) in [5.74, 6) is 0. The molecule has 1 aliphatic carbocycles. The van der Waals surface area contributed by atoms with Crippen LogP contribution in [0, 0.1) is 3.92 Å². The molecule has 1 aliphatic rings. The van der Waals surface area contributed by atoms with Crippen molar-refractivity contribution in [1.82, 2.24) is 0 Å². The average Bonchev–Trinajstić information content (AvgIpc) is 1.63. The van der Waals surface area contributed by atoms with Crippen LogP contribution in [0.1, 0.15) is 12.8 Å². The lowest BCUT2D eigenvalue weighted by molar-refractivity contribution is 0.660. The molecule has 0 atom stereocenters. The molecule has 0 unspecified atom stereocenters. The zero-order valence-corrected chi connectivity index (χ0v) is 10.0. The molecule has 0 N–H and O–H groups in total. The normalized spacial score (nSPS) is 29.6. The zero-order valence-electron chi connectivity index (χ0n) is 3.55. The number of hydrogen-bond acceptors (Lipinski definition) is 0. The number of rotatable bonds is 0. The number of halogens is 3. The summed E-state index contributed by atoms with van der Waals surface area (Å²) in [4.78, 5) is 0. The van der Waals surface area contributed by atoms with Crippen molar-refractivity contribution in [2.24, 2.45) is 0 Å². The van der Waals surface area contributed by atoms with Crippen LogP contribution < -0.4 is 0 Å². The third kappa shape index (κ3) is 1.56. The average molecular weight is 433 g/mol. The van der Waals surface area contributed by atoms with E-state index in [4.69, 9.17) is 0 Å². The minimum atomic E-state index is 0.524. The van der Waals surface area contributed by atoms with Gasteiger partial charge in [0, 0.05) is 0 Å². The summed E-state index contributed by atoms with van der Waals surface area (Å²) in [5, 5.41) is 0. The summed E-state index contributed by atoms with van der Waals surface area (Å²) in [6, 6.07) is 0. The summed E-state index contributed by atoms with van der Waals surface area (Å²) in [6.07, 6.45) is 2.71. The molecule has 0 aromatic rings. The van der Waals surface area contributed by atoms with Crippen LogP contribution >= 0.6 is 67.8 Å². The molecule has 7 heavy (non-hydrogen) atoms. The minimum Gasteiger partial charge on any atom is -0.0750 e. The Balaban J connectivity index is 2.43. The van der Waals surface area contributed by atoms with Gasteiger partial charge in [-0.05, 0) is 12.8 Å². The molecular formula is C4H4I3. The lowest BCUT2D eigenvalue weighted by Gasteiger charge is -2.35. The van der Waals surface area contributed by atoms with Crippen LogP contribution in [0.4, 0.5) is 0 Å². The fourth-order valence-electron chi connectivity index (χ4n) is 0.408. The third-order valence-electron chi connectivity index (χ3n) is 1.06. The Morgan fingerprint density at radius 3 is 1.86 bits per heavy atom. The maximum atomic E-state index is 2.50. The predicted octanol–water partition coefficient (Wildman–Crippen LogP) is 3.31. The second kappa shape index (κ2) is 2.43. The standard InChI is InChI=1S/C4H4I3/c5-3-1-2-4(3,6)7/h1-2H2. The summed E-state index contributed by atoms with van der Waals surface area (Å²) >= 11 is 7.43. The Kier molecular flexibility index (Phi) is 2.54. The predicted molar refractivity (Wildman–Crippen MR) is 57.3 cm³/mol. The van der Waals surface area contributed by atoms with Crippen molar-refractivity contribution in [2.45, 2.75) is 14.3 Å². The topological polar surface area (TPSA) is 0 Å². The SMILES string of the molecule is I[C]1CCC1(I)I. The molecule has 41 valence electrons. The van der Waals surface area contributed by atoms with Crippen LogP contribution in [0.5, 0.6) is 0 Å². The lowest BCUT2D eigenvalue weighted by Crippen LogP contribution is -2.28. The van der Waals surface area contributed by atoms with Gasteiger partial charge < -0.3 is 0 Å². The molecule has 3 heteroatoms. The summed E-state index contributed by atoms with van der Waals surface area (Å²) in [6.45, 7) is 0. The minimum absolute atomic E-state index is 0.524. The van der Waals surface area contributed by atoms with Crippen LogP contribution in [0.2, 0.25) is 0 Å². The highest BCUT2D eigenvalue weighted by atomic mass is 127. The van der Waals surface area contributed by atoms with Gasteiger partial charge in [-0.1, -0.05) is 67.8 Å². The zero-order chi connectivity index (χ0) is 5.49. The van der Waals surface area contributed by atoms with Gasteiger partial charge in [-0.2, -0.15) is 0 Å². The van der Waals surface area contributed by atoms with E-state index in [1.165, 1.54) is 12.8 Å². The van der Waals surface area contributed by atoms with E-state index in [-0.39, 0.29) is 0 Å². The van der Waals surface area contributed by atoms with Gasteiger partial charge in [0.2, 0.25) is 0 Å². The second-order valence-electron chi connectivity index (χ2n) is 1.61. The van der Waals surface area contributed by atoms with E-state index in [1.54, 1.807) is 3.92 Å². The highest BCUT2D eigenvalue weighted by Gasteiger charge is 2.40. The fraction of sp³-hybridized carbons (Fsp3) is 0.750. The van der Waals surface area contributed by atoms with E-state index in [9.17, 15) is 0 Å². The molecule has 1 saturated carbocycles. The van der Waals surface area contributed by atoms with Crippen LogP contribution in [-0.2, 0) is 0 Å². The monoisotopic (exact) mass is 433 g/mol. The molecule has 0 saturated heterocycles. The first-order chi connectivity index (χ1) is 3.13. The smallest absolute Gasteiger partial charge is 0.0750 e. The van der Waals surface area contributed by atoms with Crippen molar-refractivity contribution in [2.75, 3.05) is 0 Å². The van der Waals surface area contributed by atoms with Gasteiger partial charge in [0.05, 0.1) is 5.35 Å². The molecule has 0 aromatic heterocycles. The Morgan fingerprint density at radius 1 is 1.43 bits per heavy atom. The first kappa shape index (κ1) is 7.30. The number of alkyl halides is 2. The van der Waals surface area contributed by atoms with Crippen LogP contribution in [0.15, 0.2) is 0 Å². The Hall–Kier alpha value is 2.19. The highest BCUT2D eigenvalue weighted by molar-refractivity contribution is 14.2. The molecule has 0 aromatic carbocycles. The maximum Gasteiger partial charge on any atom is 0.0893 e. The van der Waals surface area contributed by atoms with E-state index >= 15 is 0 Å². The van der Waals surface area contributed by atoms with Gasteiger partial charge in [-0.15, -0.1) is 0 Å². The summed E-state index contributed by atoms with van der Waals surface area (Å²) in [7, 11) is 0. The maximum absolute atomic E-state index is 2.50. The highest BCUT2D eigenvalue weighted by Crippen LogP contribution is 2.56. The van der Waals surface area contributed by atoms with Crippen molar-refractivity contribution >= 4 is 67.8 Å². The van der Waals surface area contributed by atoms with Gasteiger partial charge in [-0.25, -0.2) is 0 Å². The Labute approximate surface area is 84.6 Å². The van der Waals surface area contributed by atoms with Crippen LogP contribution in [-0.4, -0.2) is 1.43 Å². The van der Waals surface area contributed by atoms with E-state index in [1.807, 2.05) is 0 Å². The van der Waals surface area contributed by atoms with E-state index in [0.717, 1.165) is 0 Å². The fourth-order valence-corrected chi connectivity index (χ4v) is 2.03. The largest absolute Gasteiger partial charge is 0.0893 e. The van der Waals surface area contributed by atoms with Crippen LogP contribution in [0.25, 0.3) is 0 Å². The molecule has 0 nitrogen and oxygen atoms in total. The van der Waals surface area contributed by atoms with E-state index < -0.39 is 0 Å².